The van der Waals surface area contributed by atoms with Crippen LogP contribution in [0.5, 0.6) is 0 Å². The molecule has 0 unspecified atom stereocenters. The zero-order valence-electron chi connectivity index (χ0n) is 14.9. The molecule has 142 valence electrons. The van der Waals surface area contributed by atoms with Gasteiger partial charge in [-0.1, -0.05) is 12.1 Å². The number of rotatable bonds is 5. The first-order chi connectivity index (χ1) is 13.4. The summed E-state index contributed by atoms with van der Waals surface area (Å²) in [4.78, 5) is 8.32. The average molecular weight is 395 g/mol. The number of hydrogen-bond acceptors (Lipinski definition) is 7. The minimum Gasteiger partial charge on any atom is -0.423 e. The minimum absolute atomic E-state index is 0.292. The van der Waals surface area contributed by atoms with Crippen molar-refractivity contribution in [2.24, 2.45) is 0 Å². The van der Waals surface area contributed by atoms with Crippen molar-refractivity contribution in [2.75, 3.05) is 22.0 Å². The third kappa shape index (κ3) is 3.89. The van der Waals surface area contributed by atoms with Crippen LogP contribution in [-0.2, 0) is 10.0 Å². The molecule has 0 aliphatic carbocycles. The Balaban J connectivity index is 1.58. The number of nitrogens with two attached hydrogens (primary N) is 1. The smallest absolute Gasteiger partial charge is 0.299 e. The lowest BCUT2D eigenvalue weighted by Gasteiger charge is -2.07. The first-order valence-corrected chi connectivity index (χ1v) is 10.2. The number of pyridine rings is 1. The molecule has 2 aromatic carbocycles. The molecular formula is C19H17N5O3S. The molecular weight excluding hydrogens is 378 g/mol. The van der Waals surface area contributed by atoms with Crippen molar-refractivity contribution in [1.82, 2.24) is 9.97 Å². The van der Waals surface area contributed by atoms with Crippen LogP contribution in [-0.4, -0.2) is 24.6 Å². The van der Waals surface area contributed by atoms with E-state index in [1.54, 1.807) is 36.7 Å². The van der Waals surface area contributed by atoms with Crippen LogP contribution >= 0.6 is 0 Å². The highest BCUT2D eigenvalue weighted by Crippen LogP contribution is 2.29. The van der Waals surface area contributed by atoms with Gasteiger partial charge in [0.25, 0.3) is 6.01 Å². The van der Waals surface area contributed by atoms with E-state index in [-0.39, 0.29) is 0 Å². The Hall–Kier alpha value is -3.59. The Bertz CT molecular complexity index is 1270. The minimum atomic E-state index is -3.35. The molecule has 0 fully saturated rings. The number of benzene rings is 2. The van der Waals surface area contributed by atoms with Crippen molar-refractivity contribution in [1.29, 1.82) is 0 Å². The van der Waals surface area contributed by atoms with E-state index >= 15 is 0 Å². The molecule has 4 aromatic rings. The van der Waals surface area contributed by atoms with Crippen LogP contribution in [0.4, 0.5) is 23.2 Å². The summed E-state index contributed by atoms with van der Waals surface area (Å²) in [6.45, 7) is 0. The Morgan fingerprint density at radius 1 is 1.04 bits per heavy atom. The van der Waals surface area contributed by atoms with Gasteiger partial charge in [0, 0.05) is 22.8 Å². The van der Waals surface area contributed by atoms with Crippen LogP contribution in [0.2, 0.25) is 0 Å². The number of nitrogens with one attached hydrogen (secondary N) is 2. The number of oxazole rings is 1. The van der Waals surface area contributed by atoms with Crippen molar-refractivity contribution in [3.05, 3.63) is 60.9 Å². The number of nitrogens with zero attached hydrogens (tertiary/aromatic N) is 2. The lowest BCUT2D eigenvalue weighted by atomic mass is 10.1. The van der Waals surface area contributed by atoms with Gasteiger partial charge in [-0.25, -0.2) is 18.4 Å². The maximum atomic E-state index is 11.4. The summed E-state index contributed by atoms with van der Waals surface area (Å²) in [7, 11) is -3.35. The Morgan fingerprint density at radius 3 is 2.68 bits per heavy atom. The molecule has 0 aliphatic heterocycles. The third-order valence-electron chi connectivity index (χ3n) is 4.00. The predicted molar refractivity (Wildman–Crippen MR) is 110 cm³/mol. The molecule has 0 aliphatic rings. The Kier molecular flexibility index (Phi) is 4.36. The highest BCUT2D eigenvalue weighted by molar-refractivity contribution is 7.92. The number of fused-ring (bicyclic) bond motifs is 1. The molecule has 28 heavy (non-hydrogen) atoms. The van der Waals surface area contributed by atoms with Gasteiger partial charge < -0.3 is 15.5 Å². The van der Waals surface area contributed by atoms with E-state index in [4.69, 9.17) is 10.2 Å². The summed E-state index contributed by atoms with van der Waals surface area (Å²) < 4.78 is 31.0. The second-order valence-electron chi connectivity index (χ2n) is 6.24. The summed E-state index contributed by atoms with van der Waals surface area (Å²) in [5.74, 6) is 1.07. The molecule has 0 amide bonds. The van der Waals surface area contributed by atoms with Crippen LogP contribution < -0.4 is 15.8 Å². The zero-order chi connectivity index (χ0) is 19.7. The lowest BCUT2D eigenvalue weighted by molar-refractivity contribution is 0.592. The summed E-state index contributed by atoms with van der Waals surface area (Å²) in [6.07, 6.45) is 4.37. The fourth-order valence-electron chi connectivity index (χ4n) is 2.82. The Labute approximate surface area is 161 Å². The van der Waals surface area contributed by atoms with Crippen LogP contribution in [0.1, 0.15) is 0 Å². The molecule has 0 atom stereocenters. The molecule has 0 radical (unpaired) electrons. The molecule has 2 heterocycles. The van der Waals surface area contributed by atoms with Crippen LogP contribution in [0.25, 0.3) is 22.1 Å². The van der Waals surface area contributed by atoms with E-state index in [1.165, 1.54) is 0 Å². The standard InChI is InChI=1S/C19H17N5O3S/c1-28(25,26)24-15-4-2-3-14(10-15)23-19-22-11-17(27-19)13-5-6-16-12(9-13)7-8-21-18(16)20/h2-11,24H,1H3,(H2,20,21)(H,22,23). The molecule has 0 spiro atoms. The molecule has 9 heteroatoms. The molecule has 2 aromatic heterocycles. The molecule has 4 N–H and O–H groups in total. The number of anilines is 4. The zero-order valence-corrected chi connectivity index (χ0v) is 15.7. The van der Waals surface area contributed by atoms with Gasteiger partial charge >= 0.3 is 0 Å². The quantitative estimate of drug-likeness (QED) is 0.472. The number of sulfonamides is 1. The normalized spacial score (nSPS) is 11.5. The van der Waals surface area contributed by atoms with Gasteiger partial charge in [-0.15, -0.1) is 0 Å². The van der Waals surface area contributed by atoms with Crippen LogP contribution in [0, 0.1) is 0 Å². The van der Waals surface area contributed by atoms with E-state index in [0.717, 1.165) is 22.6 Å². The van der Waals surface area contributed by atoms with E-state index < -0.39 is 10.0 Å². The maximum absolute atomic E-state index is 11.4. The van der Waals surface area contributed by atoms with Crippen molar-refractivity contribution >= 4 is 44.0 Å². The monoisotopic (exact) mass is 395 g/mol. The largest absolute Gasteiger partial charge is 0.423 e. The van der Waals surface area contributed by atoms with Crippen LogP contribution in [0.15, 0.2) is 65.3 Å². The molecule has 0 bridgehead atoms. The van der Waals surface area contributed by atoms with E-state index in [0.29, 0.717) is 29.0 Å². The number of aromatic nitrogens is 2. The lowest BCUT2D eigenvalue weighted by Crippen LogP contribution is -2.09. The second kappa shape index (κ2) is 6.86. The maximum Gasteiger partial charge on any atom is 0.299 e. The predicted octanol–water partition coefficient (Wildman–Crippen LogP) is 3.59. The van der Waals surface area contributed by atoms with E-state index in [1.807, 2.05) is 24.3 Å². The number of hydrogen-bond donors (Lipinski definition) is 3. The topological polar surface area (TPSA) is 123 Å². The Morgan fingerprint density at radius 2 is 1.86 bits per heavy atom. The second-order valence-corrected chi connectivity index (χ2v) is 7.99. The van der Waals surface area contributed by atoms with Gasteiger partial charge in [0.1, 0.15) is 5.82 Å². The highest BCUT2D eigenvalue weighted by Gasteiger charge is 2.09. The van der Waals surface area contributed by atoms with Gasteiger partial charge in [-0.3, -0.25) is 4.72 Å². The average Bonchev–Trinajstić information content (AvgIpc) is 3.09. The summed E-state index contributed by atoms with van der Waals surface area (Å²) in [5.41, 5.74) is 7.82. The molecule has 4 rings (SSSR count). The van der Waals surface area contributed by atoms with Crippen molar-refractivity contribution in [3.8, 4) is 11.3 Å². The van der Waals surface area contributed by atoms with Crippen molar-refractivity contribution in [2.45, 2.75) is 0 Å². The number of nitrogen functional groups attached to an aromatic ring is 1. The van der Waals surface area contributed by atoms with Crippen molar-refractivity contribution in [3.63, 3.8) is 0 Å². The van der Waals surface area contributed by atoms with E-state index in [2.05, 4.69) is 20.0 Å². The molecule has 0 saturated carbocycles. The first kappa shape index (κ1) is 17.8. The van der Waals surface area contributed by atoms with Gasteiger partial charge in [-0.05, 0) is 41.8 Å². The van der Waals surface area contributed by atoms with Gasteiger partial charge in [0.2, 0.25) is 10.0 Å². The third-order valence-corrected chi connectivity index (χ3v) is 4.61. The fourth-order valence-corrected chi connectivity index (χ4v) is 3.37. The highest BCUT2D eigenvalue weighted by atomic mass is 32.2. The van der Waals surface area contributed by atoms with E-state index in [9.17, 15) is 8.42 Å². The SMILES string of the molecule is CS(=O)(=O)Nc1cccc(Nc2ncc(-c3ccc4c(N)nccc4c3)o2)c1. The molecule has 0 saturated heterocycles. The molecule has 8 nitrogen and oxygen atoms in total. The van der Waals surface area contributed by atoms with Gasteiger partial charge in [0.15, 0.2) is 5.76 Å². The fraction of sp³-hybridized carbons (Fsp3) is 0.0526. The van der Waals surface area contributed by atoms with Gasteiger partial charge in [0.05, 0.1) is 18.1 Å². The summed E-state index contributed by atoms with van der Waals surface area (Å²) in [5, 5.41) is 4.85. The van der Waals surface area contributed by atoms with Crippen LogP contribution in [0.3, 0.4) is 0 Å². The first-order valence-electron chi connectivity index (χ1n) is 8.33. The summed E-state index contributed by atoms with van der Waals surface area (Å²) >= 11 is 0. The summed E-state index contributed by atoms with van der Waals surface area (Å²) in [6, 6.07) is 14.7. The van der Waals surface area contributed by atoms with Crippen molar-refractivity contribution < 1.29 is 12.8 Å². The van der Waals surface area contributed by atoms with Gasteiger partial charge in [-0.2, -0.15) is 0 Å².